The number of amides is 3. The number of aromatic nitrogens is 2. The lowest BCUT2D eigenvalue weighted by molar-refractivity contribution is -0.217. The van der Waals surface area contributed by atoms with Crippen molar-refractivity contribution in [1.82, 2.24) is 29.2 Å². The molecule has 0 spiro atoms. The van der Waals surface area contributed by atoms with Gasteiger partial charge in [0, 0.05) is 76.4 Å². The molecule has 1 unspecified atom stereocenters. The van der Waals surface area contributed by atoms with Crippen molar-refractivity contribution in [2.45, 2.75) is 135 Å². The van der Waals surface area contributed by atoms with Crippen molar-refractivity contribution in [3.05, 3.63) is 105 Å². The summed E-state index contributed by atoms with van der Waals surface area (Å²) in [4.78, 5) is 58.8. The number of hydrogen-bond donors (Lipinski definition) is 2. The first-order chi connectivity index (χ1) is 35.9. The van der Waals surface area contributed by atoms with Gasteiger partial charge >= 0.3 is 11.9 Å². The smallest absolute Gasteiger partial charge is 0.395 e. The van der Waals surface area contributed by atoms with Crippen molar-refractivity contribution in [2.75, 3.05) is 65.3 Å². The van der Waals surface area contributed by atoms with Gasteiger partial charge in [-0.3, -0.25) is 43.2 Å². The average Bonchev–Trinajstić information content (AvgIpc) is 3.70. The highest BCUT2D eigenvalue weighted by Gasteiger charge is 2.49. The topological polar surface area (TPSA) is 173 Å². The predicted octanol–water partition coefficient (Wildman–Crippen LogP) is 8.58. The fourth-order valence-electron chi connectivity index (χ4n) is 12.1. The number of aryl methyl sites for hydroxylation is 2. The van der Waals surface area contributed by atoms with E-state index in [1.807, 2.05) is 28.0 Å². The Hall–Kier alpha value is -5.34. The summed E-state index contributed by atoms with van der Waals surface area (Å²) < 4.78 is 84.9. The zero-order valence-electron chi connectivity index (χ0n) is 44.8. The summed E-state index contributed by atoms with van der Waals surface area (Å²) in [6, 6.07) is 19.4. The number of nitrogens with zero attached hydrogens (tertiary/aromatic N) is 5. The number of ether oxygens (including phenoxy) is 2. The number of benzene rings is 3. The molecule has 3 saturated heterocycles. The number of rotatable bonds is 15. The van der Waals surface area contributed by atoms with Crippen LogP contribution in [0.4, 0.5) is 13.2 Å². The minimum Gasteiger partial charge on any atom is -0.497 e. The Balaban J connectivity index is 0.00000121. The molecule has 3 fully saturated rings. The van der Waals surface area contributed by atoms with E-state index in [0.29, 0.717) is 69.2 Å². The van der Waals surface area contributed by atoms with Crippen molar-refractivity contribution < 1.29 is 50.0 Å². The van der Waals surface area contributed by atoms with Crippen molar-refractivity contribution in [1.29, 1.82) is 0 Å². The van der Waals surface area contributed by atoms with Gasteiger partial charge in [-0.05, 0) is 157 Å². The Labute approximate surface area is 444 Å². The number of imide groups is 1. The number of imidazole rings is 1. The molecule has 0 radical (unpaired) electrons. The third-order valence-corrected chi connectivity index (χ3v) is 17.1. The van der Waals surface area contributed by atoms with Crippen LogP contribution < -0.4 is 15.7 Å². The van der Waals surface area contributed by atoms with Crippen molar-refractivity contribution in [2.24, 2.45) is 11.3 Å². The molecule has 1 aromatic heterocycles. The van der Waals surface area contributed by atoms with Crippen LogP contribution >= 0.6 is 0 Å². The lowest BCUT2D eigenvalue weighted by Crippen LogP contribution is -2.50. The van der Waals surface area contributed by atoms with Crippen LogP contribution in [0.15, 0.2) is 71.5 Å². The highest BCUT2D eigenvalue weighted by atomic mass is 32.2. The zero-order chi connectivity index (χ0) is 54.8. The van der Waals surface area contributed by atoms with E-state index in [9.17, 15) is 40.8 Å². The second kappa shape index (κ2) is 22.9. The highest BCUT2D eigenvalue weighted by Crippen LogP contribution is 2.46. The minimum absolute atomic E-state index is 0.0301. The fourth-order valence-corrected chi connectivity index (χ4v) is 12.1. The van der Waals surface area contributed by atoms with E-state index < -0.39 is 33.7 Å². The number of piperazine rings is 1. The Kier molecular flexibility index (Phi) is 17.2. The van der Waals surface area contributed by atoms with E-state index in [0.717, 1.165) is 86.1 Å². The molecular formula is C57H75F3N6O9S. The molecule has 3 aromatic carbocycles. The summed E-state index contributed by atoms with van der Waals surface area (Å²) in [5.74, 6) is 0.236. The summed E-state index contributed by atoms with van der Waals surface area (Å²) in [6.45, 7) is 13.8. The van der Waals surface area contributed by atoms with E-state index in [2.05, 4.69) is 66.5 Å². The Bertz CT molecular complexity index is 2960. The Morgan fingerprint density at radius 2 is 1.63 bits per heavy atom. The molecule has 3 amide bonds. The third-order valence-electron chi connectivity index (χ3n) is 16.4. The second-order valence-corrected chi connectivity index (χ2v) is 24.5. The van der Waals surface area contributed by atoms with Gasteiger partial charge in [-0.1, -0.05) is 42.5 Å². The molecule has 5 heterocycles. The number of carbonyl (C=O) groups is 3. The largest absolute Gasteiger partial charge is 0.497 e. The Morgan fingerprint density at radius 1 is 0.934 bits per heavy atom. The SMILES string of the molecule is CCS(=O)(=O)O.COc1ccc([C@]2(CCN(Cc3ccc(C4=CC[C@H](CN5CCN(C(=O)c6ccc7c8c6CCCn8c(=O)n7C6CCC(=O)NC6=O)CC5)CC4)cc3)CC(C)(C)C(F)(F)F)CCOC(C)(C)C2)cc1. The molecule has 414 valence electrons. The van der Waals surface area contributed by atoms with Gasteiger partial charge in [-0.15, -0.1) is 0 Å². The molecule has 76 heavy (non-hydrogen) atoms. The normalized spacial score (nSPS) is 22.5. The van der Waals surface area contributed by atoms with E-state index in [1.165, 1.54) is 36.5 Å². The number of carbonyl (C=O) groups excluding carboxylic acids is 3. The number of hydrogen-bond acceptors (Lipinski definition) is 10. The summed E-state index contributed by atoms with van der Waals surface area (Å²) in [5.41, 5.74) is 4.66. The van der Waals surface area contributed by atoms with Gasteiger partial charge in [0.2, 0.25) is 11.8 Å². The Morgan fingerprint density at radius 3 is 2.24 bits per heavy atom. The maximum Gasteiger partial charge on any atom is 0.395 e. The molecule has 5 aliphatic rings. The standard InChI is InChI=1S/C55H69F3N6O6.C2H6O3S/c1-52(2,55(56,57)58)36-61(27-24-54(25-32-70-53(3,4)35-54)41-16-18-42(69-5)19-17-41)34-38-10-14-40(15-11-38)39-12-8-37(9-13-39)33-60-28-30-62(31-29-60)50(67)44-20-21-45-48-43(44)7-6-26-63(48)51(68)64(45)46-22-23-47(65)59-49(46)66;1-2-6(3,4)5/h10-12,14-21,37,46H,6-9,13,22-36H2,1-5H3,(H,59,65,66);2H2,1H3,(H,3,4,5)/t37-,46?,54+;/m0./s1. The van der Waals surface area contributed by atoms with Crippen LogP contribution in [-0.4, -0.2) is 132 Å². The molecule has 19 heteroatoms. The highest BCUT2D eigenvalue weighted by molar-refractivity contribution is 7.85. The van der Waals surface area contributed by atoms with Gasteiger partial charge in [-0.2, -0.15) is 21.6 Å². The summed E-state index contributed by atoms with van der Waals surface area (Å²) in [6.07, 6.45) is 5.05. The van der Waals surface area contributed by atoms with Crippen molar-refractivity contribution >= 4 is 44.4 Å². The predicted molar refractivity (Wildman–Crippen MR) is 286 cm³/mol. The number of piperidine rings is 1. The van der Waals surface area contributed by atoms with E-state index in [1.54, 1.807) is 17.7 Å². The van der Waals surface area contributed by atoms with Crippen LogP contribution in [0.2, 0.25) is 0 Å². The van der Waals surface area contributed by atoms with Crippen LogP contribution in [0.3, 0.4) is 0 Å². The molecule has 15 nitrogen and oxygen atoms in total. The molecule has 3 atom stereocenters. The minimum atomic E-state index is -4.35. The van der Waals surface area contributed by atoms with Crippen molar-refractivity contribution in [3.8, 4) is 5.75 Å². The molecule has 4 aromatic rings. The molecule has 0 saturated carbocycles. The summed E-state index contributed by atoms with van der Waals surface area (Å²) in [5, 5.41) is 2.38. The number of halogens is 3. The molecule has 0 bridgehead atoms. The first kappa shape index (κ1) is 56.9. The van der Waals surface area contributed by atoms with Gasteiger partial charge < -0.3 is 14.4 Å². The van der Waals surface area contributed by atoms with Crippen LogP contribution in [0, 0.1) is 11.3 Å². The lowest BCUT2D eigenvalue weighted by Gasteiger charge is -2.46. The zero-order valence-corrected chi connectivity index (χ0v) is 45.7. The van der Waals surface area contributed by atoms with Crippen LogP contribution in [0.25, 0.3) is 16.6 Å². The number of allylic oxidation sites excluding steroid dienone is 2. The maximum atomic E-state index is 14.4. The lowest BCUT2D eigenvalue weighted by atomic mass is 9.67. The van der Waals surface area contributed by atoms with Crippen molar-refractivity contribution in [3.63, 3.8) is 0 Å². The van der Waals surface area contributed by atoms with Crippen LogP contribution in [-0.2, 0) is 49.4 Å². The fraction of sp³-hybridized carbons (Fsp3) is 0.579. The maximum absolute atomic E-state index is 14.4. The van der Waals surface area contributed by atoms with Gasteiger partial charge in [-0.25, -0.2) is 4.79 Å². The first-order valence-electron chi connectivity index (χ1n) is 26.8. The van der Waals surface area contributed by atoms with E-state index in [4.69, 9.17) is 14.0 Å². The van der Waals surface area contributed by atoms with Gasteiger partial charge in [0.25, 0.3) is 16.0 Å². The third kappa shape index (κ3) is 13.0. The van der Waals surface area contributed by atoms with Crippen LogP contribution in [0.5, 0.6) is 5.75 Å². The molecule has 9 rings (SSSR count). The van der Waals surface area contributed by atoms with Gasteiger partial charge in [0.05, 0.1) is 34.9 Å². The molecule has 1 aliphatic carbocycles. The van der Waals surface area contributed by atoms with Gasteiger partial charge in [0.1, 0.15) is 11.8 Å². The number of alkyl halides is 3. The van der Waals surface area contributed by atoms with Gasteiger partial charge in [0.15, 0.2) is 0 Å². The molecule has 2 N–H and O–H groups in total. The summed E-state index contributed by atoms with van der Waals surface area (Å²) in [7, 11) is -2.02. The first-order valence-corrected chi connectivity index (χ1v) is 28.4. The monoisotopic (exact) mass is 1080 g/mol. The van der Waals surface area contributed by atoms with E-state index >= 15 is 0 Å². The number of methoxy groups -OCH3 is 1. The second-order valence-electron chi connectivity index (χ2n) is 22.8. The molecular weight excluding hydrogens is 1000 g/mol. The quantitative estimate of drug-likeness (QED) is 0.0863. The molecule has 4 aliphatic heterocycles. The average molecular weight is 1080 g/mol. The van der Waals surface area contributed by atoms with Crippen LogP contribution in [0.1, 0.15) is 131 Å². The van der Waals surface area contributed by atoms with E-state index in [-0.39, 0.29) is 53.7 Å². The summed E-state index contributed by atoms with van der Waals surface area (Å²) >= 11 is 0. The number of nitrogens with one attached hydrogen (secondary N) is 1.